The third-order valence-corrected chi connectivity index (χ3v) is 2.61. The van der Waals surface area contributed by atoms with Crippen molar-refractivity contribution in [2.75, 3.05) is 13.7 Å². The van der Waals surface area contributed by atoms with Crippen LogP contribution < -0.4 is 10.1 Å². The highest BCUT2D eigenvalue weighted by atomic mass is 16.5. The molecule has 1 unspecified atom stereocenters. The number of nitrogens with one attached hydrogen (secondary N) is 1. The number of hydrogen-bond donors (Lipinski definition) is 2. The van der Waals surface area contributed by atoms with Crippen LogP contribution in [-0.4, -0.2) is 24.9 Å². The van der Waals surface area contributed by atoms with Crippen LogP contribution in [0.3, 0.4) is 0 Å². The molecule has 1 atom stereocenters. The Hall–Kier alpha value is -1.06. The fraction of sp³-hybridized carbons (Fsp3) is 0.538. The Bertz CT molecular complexity index is 284. The van der Waals surface area contributed by atoms with E-state index >= 15 is 0 Å². The van der Waals surface area contributed by atoms with Gasteiger partial charge in [0.2, 0.25) is 0 Å². The highest BCUT2D eigenvalue weighted by Gasteiger charge is 1.99. The van der Waals surface area contributed by atoms with Gasteiger partial charge in [-0.2, -0.15) is 0 Å². The van der Waals surface area contributed by atoms with E-state index in [0.717, 1.165) is 31.7 Å². The van der Waals surface area contributed by atoms with Crippen molar-refractivity contribution in [2.24, 2.45) is 0 Å². The van der Waals surface area contributed by atoms with Crippen molar-refractivity contribution in [3.8, 4) is 5.75 Å². The van der Waals surface area contributed by atoms with Gasteiger partial charge in [-0.3, -0.25) is 0 Å². The summed E-state index contributed by atoms with van der Waals surface area (Å²) in [6.07, 6.45) is 1.46. The van der Waals surface area contributed by atoms with Crippen molar-refractivity contribution in [2.45, 2.75) is 32.4 Å². The van der Waals surface area contributed by atoms with E-state index in [2.05, 4.69) is 5.32 Å². The first kappa shape index (κ1) is 13.0. The first-order valence-electron chi connectivity index (χ1n) is 5.78. The van der Waals surface area contributed by atoms with E-state index in [0.29, 0.717) is 0 Å². The minimum Gasteiger partial charge on any atom is -0.497 e. The zero-order valence-electron chi connectivity index (χ0n) is 10.1. The van der Waals surface area contributed by atoms with Gasteiger partial charge < -0.3 is 15.2 Å². The normalized spacial score (nSPS) is 12.4. The molecule has 1 aromatic carbocycles. The molecule has 1 rings (SSSR count). The zero-order chi connectivity index (χ0) is 11.8. The lowest BCUT2D eigenvalue weighted by Gasteiger charge is -2.09. The number of aliphatic hydroxyl groups is 1. The molecule has 0 amide bonds. The van der Waals surface area contributed by atoms with Crippen LogP contribution in [0, 0.1) is 0 Å². The second-order valence-corrected chi connectivity index (χ2v) is 3.88. The van der Waals surface area contributed by atoms with Gasteiger partial charge in [0.25, 0.3) is 0 Å². The summed E-state index contributed by atoms with van der Waals surface area (Å²) in [6, 6.07) is 8.00. The maximum absolute atomic E-state index is 9.37. The molecule has 0 bridgehead atoms. The van der Waals surface area contributed by atoms with Crippen LogP contribution in [0.5, 0.6) is 5.75 Å². The van der Waals surface area contributed by atoms with E-state index in [1.165, 1.54) is 5.56 Å². The van der Waals surface area contributed by atoms with Crippen LogP contribution in [0.4, 0.5) is 0 Å². The van der Waals surface area contributed by atoms with E-state index in [-0.39, 0.29) is 6.10 Å². The van der Waals surface area contributed by atoms with Gasteiger partial charge in [-0.25, -0.2) is 0 Å². The molecule has 16 heavy (non-hydrogen) atoms. The number of benzene rings is 1. The second kappa shape index (κ2) is 7.25. The van der Waals surface area contributed by atoms with Crippen LogP contribution in [0.2, 0.25) is 0 Å². The van der Waals surface area contributed by atoms with Gasteiger partial charge in [-0.15, -0.1) is 0 Å². The third-order valence-electron chi connectivity index (χ3n) is 2.61. The summed E-state index contributed by atoms with van der Waals surface area (Å²) in [4.78, 5) is 0. The van der Waals surface area contributed by atoms with Crippen molar-refractivity contribution >= 4 is 0 Å². The lowest BCUT2D eigenvalue weighted by Crippen LogP contribution is -2.19. The second-order valence-electron chi connectivity index (χ2n) is 3.88. The molecular weight excluding hydrogens is 202 g/mol. The molecule has 0 radical (unpaired) electrons. The molecule has 0 heterocycles. The van der Waals surface area contributed by atoms with Gasteiger partial charge in [0.05, 0.1) is 13.2 Å². The predicted molar refractivity (Wildman–Crippen MR) is 65.6 cm³/mol. The summed E-state index contributed by atoms with van der Waals surface area (Å²) in [6.45, 7) is 3.68. The summed E-state index contributed by atoms with van der Waals surface area (Å²) in [5.74, 6) is 0.880. The van der Waals surface area contributed by atoms with E-state index in [1.807, 2.05) is 31.2 Å². The fourth-order valence-corrected chi connectivity index (χ4v) is 1.45. The smallest absolute Gasteiger partial charge is 0.118 e. The number of aliphatic hydroxyl groups excluding tert-OH is 1. The molecule has 0 aliphatic carbocycles. The van der Waals surface area contributed by atoms with Crippen LogP contribution >= 0.6 is 0 Å². The predicted octanol–water partition coefficient (Wildman–Crippen LogP) is 1.95. The standard InChI is InChI=1S/C13H21NO2/c1-3-12(15)8-9-14-10-11-4-6-13(16-2)7-5-11/h4-7,12,14-15H,3,8-10H2,1-2H3. The number of hydrogen-bond acceptors (Lipinski definition) is 3. The van der Waals surface area contributed by atoms with Gasteiger partial charge >= 0.3 is 0 Å². The Morgan fingerprint density at radius 2 is 2.00 bits per heavy atom. The van der Waals surface area contributed by atoms with Crippen LogP contribution in [-0.2, 0) is 6.54 Å². The molecule has 3 nitrogen and oxygen atoms in total. The quantitative estimate of drug-likeness (QED) is 0.694. The third kappa shape index (κ3) is 4.64. The fourth-order valence-electron chi connectivity index (χ4n) is 1.45. The van der Waals surface area contributed by atoms with E-state index < -0.39 is 0 Å². The number of ether oxygens (including phenoxy) is 1. The lowest BCUT2D eigenvalue weighted by atomic mass is 10.2. The number of methoxy groups -OCH3 is 1. The Balaban J connectivity index is 2.21. The van der Waals surface area contributed by atoms with Crippen molar-refractivity contribution in [3.05, 3.63) is 29.8 Å². The molecule has 0 aliphatic rings. The largest absolute Gasteiger partial charge is 0.497 e. The van der Waals surface area contributed by atoms with E-state index in [4.69, 9.17) is 4.74 Å². The van der Waals surface area contributed by atoms with Gasteiger partial charge in [-0.05, 0) is 37.1 Å². The van der Waals surface area contributed by atoms with Crippen molar-refractivity contribution < 1.29 is 9.84 Å². The topological polar surface area (TPSA) is 41.5 Å². The Morgan fingerprint density at radius 1 is 1.31 bits per heavy atom. The van der Waals surface area contributed by atoms with Gasteiger partial charge in [0.15, 0.2) is 0 Å². The van der Waals surface area contributed by atoms with E-state index in [1.54, 1.807) is 7.11 Å². The average molecular weight is 223 g/mol. The molecule has 0 fully saturated rings. The van der Waals surface area contributed by atoms with Gasteiger partial charge in [-0.1, -0.05) is 19.1 Å². The SMILES string of the molecule is CCC(O)CCNCc1ccc(OC)cc1. The molecule has 90 valence electrons. The van der Waals surface area contributed by atoms with Crippen LogP contribution in [0.25, 0.3) is 0 Å². The Labute approximate surface area is 97.4 Å². The monoisotopic (exact) mass is 223 g/mol. The van der Waals surface area contributed by atoms with Crippen LogP contribution in [0.1, 0.15) is 25.3 Å². The molecule has 0 saturated carbocycles. The average Bonchev–Trinajstić information content (AvgIpc) is 2.35. The first-order chi connectivity index (χ1) is 7.76. The van der Waals surface area contributed by atoms with Crippen molar-refractivity contribution in [1.29, 1.82) is 0 Å². The van der Waals surface area contributed by atoms with Crippen LogP contribution in [0.15, 0.2) is 24.3 Å². The summed E-state index contributed by atoms with van der Waals surface area (Å²) in [5.41, 5.74) is 1.23. The molecular formula is C13H21NO2. The highest BCUT2D eigenvalue weighted by molar-refractivity contribution is 5.26. The summed E-state index contributed by atoms with van der Waals surface area (Å²) in [7, 11) is 1.67. The van der Waals surface area contributed by atoms with Gasteiger partial charge in [0.1, 0.15) is 5.75 Å². The number of rotatable bonds is 7. The molecule has 0 spiro atoms. The molecule has 0 saturated heterocycles. The Morgan fingerprint density at radius 3 is 2.56 bits per heavy atom. The van der Waals surface area contributed by atoms with Gasteiger partial charge in [0, 0.05) is 6.54 Å². The molecule has 0 aromatic heterocycles. The summed E-state index contributed by atoms with van der Waals surface area (Å²) >= 11 is 0. The molecule has 2 N–H and O–H groups in total. The minimum absolute atomic E-state index is 0.177. The molecule has 3 heteroatoms. The lowest BCUT2D eigenvalue weighted by molar-refractivity contribution is 0.159. The highest BCUT2D eigenvalue weighted by Crippen LogP contribution is 2.10. The summed E-state index contributed by atoms with van der Waals surface area (Å²) < 4.78 is 5.09. The van der Waals surface area contributed by atoms with E-state index in [9.17, 15) is 5.11 Å². The summed E-state index contributed by atoms with van der Waals surface area (Å²) in [5, 5.41) is 12.7. The molecule has 1 aromatic rings. The minimum atomic E-state index is -0.177. The van der Waals surface area contributed by atoms with Crippen molar-refractivity contribution in [1.82, 2.24) is 5.32 Å². The maximum Gasteiger partial charge on any atom is 0.118 e. The maximum atomic E-state index is 9.37. The molecule has 0 aliphatic heterocycles. The first-order valence-corrected chi connectivity index (χ1v) is 5.78. The van der Waals surface area contributed by atoms with Crippen molar-refractivity contribution in [3.63, 3.8) is 0 Å². The Kier molecular flexibility index (Phi) is 5.90. The zero-order valence-corrected chi connectivity index (χ0v) is 10.1.